The second-order valence-electron chi connectivity index (χ2n) is 4.50. The number of amides is 1. The van der Waals surface area contributed by atoms with Gasteiger partial charge in [-0.15, -0.1) is 0 Å². The number of H-pyrrole nitrogens is 1. The molecule has 0 aromatic carbocycles. The smallest absolute Gasteiger partial charge is 0.242 e. The van der Waals surface area contributed by atoms with Crippen LogP contribution in [-0.2, 0) is 4.79 Å². The van der Waals surface area contributed by atoms with Crippen molar-refractivity contribution in [2.45, 2.75) is 38.6 Å². The zero-order chi connectivity index (χ0) is 11.5. The van der Waals surface area contributed by atoms with Crippen LogP contribution in [0.1, 0.15) is 38.3 Å². The summed E-state index contributed by atoms with van der Waals surface area (Å²) >= 11 is 0. The van der Waals surface area contributed by atoms with Crippen LogP contribution >= 0.6 is 0 Å². The molecule has 0 radical (unpaired) electrons. The molecular weight excluding hydrogens is 204 g/mol. The molecule has 1 amide bonds. The van der Waals surface area contributed by atoms with Gasteiger partial charge in [0.1, 0.15) is 0 Å². The van der Waals surface area contributed by atoms with Gasteiger partial charge in [0.2, 0.25) is 5.91 Å². The van der Waals surface area contributed by atoms with Crippen molar-refractivity contribution in [2.24, 2.45) is 0 Å². The lowest BCUT2D eigenvalue weighted by molar-refractivity contribution is -0.117. The summed E-state index contributed by atoms with van der Waals surface area (Å²) in [4.78, 5) is 11.8. The first kappa shape index (κ1) is 11.1. The number of rotatable bonds is 3. The third-order valence-corrected chi connectivity index (χ3v) is 2.85. The number of nitrogens with one attached hydrogen (secondary N) is 3. The molecule has 2 heterocycles. The van der Waals surface area contributed by atoms with Gasteiger partial charge in [0.15, 0.2) is 5.82 Å². The predicted molar refractivity (Wildman–Crippen MR) is 62.3 cm³/mol. The second kappa shape index (κ2) is 4.65. The van der Waals surface area contributed by atoms with E-state index < -0.39 is 0 Å². The zero-order valence-corrected chi connectivity index (χ0v) is 9.71. The topological polar surface area (TPSA) is 69.8 Å². The summed E-state index contributed by atoms with van der Waals surface area (Å²) in [5.74, 6) is 1.02. The maximum atomic E-state index is 11.8. The highest BCUT2D eigenvalue weighted by molar-refractivity contribution is 5.94. The average molecular weight is 222 g/mol. The minimum atomic E-state index is -0.0563. The normalized spacial score (nSPS) is 20.3. The van der Waals surface area contributed by atoms with Crippen LogP contribution in [-0.4, -0.2) is 28.7 Å². The summed E-state index contributed by atoms with van der Waals surface area (Å²) in [6, 6.07) is 1.83. The molecular formula is C11H18N4O. The molecule has 1 saturated heterocycles. The summed E-state index contributed by atoms with van der Waals surface area (Å²) in [6.45, 7) is 5.09. The van der Waals surface area contributed by atoms with Crippen molar-refractivity contribution in [3.63, 3.8) is 0 Å². The Kier molecular flexibility index (Phi) is 3.24. The second-order valence-corrected chi connectivity index (χ2v) is 4.50. The van der Waals surface area contributed by atoms with Gasteiger partial charge in [-0.05, 0) is 25.3 Å². The number of aromatic amines is 1. The average Bonchev–Trinajstić information content (AvgIpc) is 2.87. The van der Waals surface area contributed by atoms with Crippen molar-refractivity contribution < 1.29 is 4.79 Å². The highest BCUT2D eigenvalue weighted by Gasteiger charge is 2.22. The van der Waals surface area contributed by atoms with Crippen LogP contribution < -0.4 is 10.6 Å². The molecule has 1 aromatic rings. The first-order valence-corrected chi connectivity index (χ1v) is 5.76. The summed E-state index contributed by atoms with van der Waals surface area (Å²) in [6.07, 6.45) is 1.98. The van der Waals surface area contributed by atoms with Crippen molar-refractivity contribution in [1.29, 1.82) is 0 Å². The lowest BCUT2D eigenvalue weighted by Crippen LogP contribution is -2.35. The highest BCUT2D eigenvalue weighted by Crippen LogP contribution is 2.15. The molecule has 0 aliphatic carbocycles. The number of aromatic nitrogens is 2. The standard InChI is InChI=1S/C11H18N4O/c1-7(2)9-6-10(15-14-9)13-11(16)8-4-3-5-12-8/h6-8,12H,3-5H2,1-2H3,(H2,13,14,15,16). The molecule has 1 atom stereocenters. The Bertz CT molecular complexity index is 366. The van der Waals surface area contributed by atoms with Gasteiger partial charge in [0.05, 0.1) is 6.04 Å². The molecule has 5 heteroatoms. The van der Waals surface area contributed by atoms with Gasteiger partial charge < -0.3 is 10.6 Å². The Balaban J connectivity index is 1.95. The van der Waals surface area contributed by atoms with E-state index in [1.54, 1.807) is 0 Å². The van der Waals surface area contributed by atoms with E-state index in [9.17, 15) is 4.79 Å². The van der Waals surface area contributed by atoms with Crippen LogP contribution in [0.3, 0.4) is 0 Å². The molecule has 1 unspecified atom stereocenters. The summed E-state index contributed by atoms with van der Waals surface area (Å²) in [5.41, 5.74) is 1.04. The number of nitrogens with zero attached hydrogens (tertiary/aromatic N) is 1. The van der Waals surface area contributed by atoms with E-state index in [1.165, 1.54) is 0 Å². The van der Waals surface area contributed by atoms with Crippen molar-refractivity contribution in [1.82, 2.24) is 15.5 Å². The van der Waals surface area contributed by atoms with Gasteiger partial charge in [0, 0.05) is 11.8 Å². The van der Waals surface area contributed by atoms with E-state index in [2.05, 4.69) is 34.7 Å². The van der Waals surface area contributed by atoms with E-state index in [4.69, 9.17) is 0 Å². The predicted octanol–water partition coefficient (Wildman–Crippen LogP) is 1.22. The Hall–Kier alpha value is -1.36. The van der Waals surface area contributed by atoms with Crippen molar-refractivity contribution >= 4 is 11.7 Å². The van der Waals surface area contributed by atoms with E-state index >= 15 is 0 Å². The molecule has 0 saturated carbocycles. The van der Waals surface area contributed by atoms with Gasteiger partial charge in [0.25, 0.3) is 0 Å². The van der Waals surface area contributed by atoms with E-state index in [0.29, 0.717) is 11.7 Å². The number of carbonyl (C=O) groups excluding carboxylic acids is 1. The molecule has 1 aliphatic rings. The molecule has 0 spiro atoms. The monoisotopic (exact) mass is 222 g/mol. The van der Waals surface area contributed by atoms with Crippen LogP contribution in [0.15, 0.2) is 6.07 Å². The third-order valence-electron chi connectivity index (χ3n) is 2.85. The molecule has 88 valence electrons. The minimum Gasteiger partial charge on any atom is -0.308 e. The van der Waals surface area contributed by atoms with Crippen molar-refractivity contribution in [2.75, 3.05) is 11.9 Å². The SMILES string of the molecule is CC(C)c1cc(NC(=O)C2CCCN2)n[nH]1. The maximum Gasteiger partial charge on any atom is 0.242 e. The van der Waals surface area contributed by atoms with Crippen LogP contribution in [0.25, 0.3) is 0 Å². The van der Waals surface area contributed by atoms with Crippen LogP contribution in [0, 0.1) is 0 Å². The third kappa shape index (κ3) is 2.41. The van der Waals surface area contributed by atoms with Gasteiger partial charge in [-0.1, -0.05) is 13.8 Å². The van der Waals surface area contributed by atoms with E-state index in [1.807, 2.05) is 6.07 Å². The molecule has 3 N–H and O–H groups in total. The molecule has 2 rings (SSSR count). The number of hydrogen-bond donors (Lipinski definition) is 3. The first-order chi connectivity index (χ1) is 7.66. The molecule has 5 nitrogen and oxygen atoms in total. The molecule has 1 fully saturated rings. The Morgan fingerprint density at radius 2 is 2.44 bits per heavy atom. The summed E-state index contributed by atoms with van der Waals surface area (Å²) in [7, 11) is 0. The minimum absolute atomic E-state index is 0.0132. The fourth-order valence-electron chi connectivity index (χ4n) is 1.82. The van der Waals surface area contributed by atoms with Gasteiger partial charge in [-0.25, -0.2) is 0 Å². The molecule has 1 aliphatic heterocycles. The lowest BCUT2D eigenvalue weighted by atomic mass is 10.1. The van der Waals surface area contributed by atoms with Gasteiger partial charge >= 0.3 is 0 Å². The molecule has 1 aromatic heterocycles. The quantitative estimate of drug-likeness (QED) is 0.720. The Labute approximate surface area is 95.0 Å². The van der Waals surface area contributed by atoms with Gasteiger partial charge in [-0.3, -0.25) is 9.89 Å². The lowest BCUT2D eigenvalue weighted by Gasteiger charge is -2.08. The maximum absolute atomic E-state index is 11.8. The zero-order valence-electron chi connectivity index (χ0n) is 9.71. The summed E-state index contributed by atoms with van der Waals surface area (Å²) < 4.78 is 0. The number of hydrogen-bond acceptors (Lipinski definition) is 3. The molecule has 16 heavy (non-hydrogen) atoms. The largest absolute Gasteiger partial charge is 0.308 e. The fourth-order valence-corrected chi connectivity index (χ4v) is 1.82. The Morgan fingerprint density at radius 1 is 1.62 bits per heavy atom. The highest BCUT2D eigenvalue weighted by atomic mass is 16.2. The number of anilines is 1. The molecule has 0 bridgehead atoms. The Morgan fingerprint density at radius 3 is 3.00 bits per heavy atom. The van der Waals surface area contributed by atoms with E-state index in [-0.39, 0.29) is 11.9 Å². The van der Waals surface area contributed by atoms with Crippen LogP contribution in [0.4, 0.5) is 5.82 Å². The summed E-state index contributed by atoms with van der Waals surface area (Å²) in [5, 5.41) is 13.0. The first-order valence-electron chi connectivity index (χ1n) is 5.76. The van der Waals surface area contributed by atoms with Crippen molar-refractivity contribution in [3.05, 3.63) is 11.8 Å². The van der Waals surface area contributed by atoms with Gasteiger partial charge in [-0.2, -0.15) is 5.10 Å². The van der Waals surface area contributed by atoms with Crippen molar-refractivity contribution in [3.8, 4) is 0 Å². The van der Waals surface area contributed by atoms with E-state index in [0.717, 1.165) is 25.1 Å². The van der Waals surface area contributed by atoms with Crippen LogP contribution in [0.5, 0.6) is 0 Å². The fraction of sp³-hybridized carbons (Fsp3) is 0.636. The van der Waals surface area contributed by atoms with Crippen LogP contribution in [0.2, 0.25) is 0 Å². The number of carbonyl (C=O) groups is 1.